The minimum absolute atomic E-state index is 0.0308. The molecule has 1 saturated carbocycles. The van der Waals surface area contributed by atoms with E-state index in [0.29, 0.717) is 5.75 Å². The first kappa shape index (κ1) is 18.5. The molecule has 0 amide bonds. The molecule has 3 N–H and O–H groups in total. The second-order valence-corrected chi connectivity index (χ2v) is 8.54. The summed E-state index contributed by atoms with van der Waals surface area (Å²) in [7, 11) is -2.30. The number of nitrogens with one attached hydrogen (secondary N) is 3. The van der Waals surface area contributed by atoms with Crippen molar-refractivity contribution < 1.29 is 13.2 Å². The number of aromatic nitrogens is 2. The van der Waals surface area contributed by atoms with Gasteiger partial charge >= 0.3 is 5.69 Å². The Hall–Kier alpha value is -2.91. The molecule has 1 unspecified atom stereocenters. The Morgan fingerprint density at radius 2 is 1.79 bits per heavy atom. The predicted molar refractivity (Wildman–Crippen MR) is 104 cm³/mol. The van der Waals surface area contributed by atoms with Crippen LogP contribution in [0, 0.1) is 5.92 Å². The SMILES string of the molecule is COc1ccc(C(NS(=O)(=O)c2ccc3[nH]c(=O)[nH]c(=O)c3c2)C2CC2)cc1. The van der Waals surface area contributed by atoms with Gasteiger partial charge in [0.25, 0.3) is 5.56 Å². The molecule has 0 bridgehead atoms. The third kappa shape index (κ3) is 3.58. The lowest BCUT2D eigenvalue weighted by atomic mass is 10.0. The molecular formula is C19H19N3O5S. The van der Waals surface area contributed by atoms with Crippen molar-refractivity contribution in [1.82, 2.24) is 14.7 Å². The average Bonchev–Trinajstić information content (AvgIpc) is 3.51. The van der Waals surface area contributed by atoms with Crippen LogP contribution in [0.3, 0.4) is 0 Å². The van der Waals surface area contributed by atoms with Gasteiger partial charge in [-0.25, -0.2) is 17.9 Å². The highest BCUT2D eigenvalue weighted by atomic mass is 32.2. The molecule has 4 rings (SSSR count). The third-order valence-corrected chi connectivity index (χ3v) is 6.31. The first-order valence-corrected chi connectivity index (χ1v) is 10.3. The topological polar surface area (TPSA) is 121 Å². The van der Waals surface area contributed by atoms with Crippen LogP contribution in [0.5, 0.6) is 5.75 Å². The van der Waals surface area contributed by atoms with Crippen LogP contribution in [0.2, 0.25) is 0 Å². The van der Waals surface area contributed by atoms with E-state index in [-0.39, 0.29) is 27.8 Å². The van der Waals surface area contributed by atoms with E-state index in [4.69, 9.17) is 4.74 Å². The van der Waals surface area contributed by atoms with Gasteiger partial charge < -0.3 is 9.72 Å². The van der Waals surface area contributed by atoms with Gasteiger partial charge in [0.2, 0.25) is 10.0 Å². The molecule has 8 nitrogen and oxygen atoms in total. The third-order valence-electron chi connectivity index (χ3n) is 4.87. The zero-order valence-electron chi connectivity index (χ0n) is 15.1. The van der Waals surface area contributed by atoms with Crippen LogP contribution in [0.1, 0.15) is 24.4 Å². The summed E-state index contributed by atoms with van der Waals surface area (Å²) in [5, 5.41) is 0.106. The maximum atomic E-state index is 13.0. The summed E-state index contributed by atoms with van der Waals surface area (Å²) >= 11 is 0. The van der Waals surface area contributed by atoms with Gasteiger partial charge in [-0.3, -0.25) is 9.78 Å². The number of methoxy groups -OCH3 is 1. The number of benzene rings is 2. The Morgan fingerprint density at radius 3 is 2.43 bits per heavy atom. The maximum absolute atomic E-state index is 13.0. The highest BCUT2D eigenvalue weighted by Gasteiger charge is 2.35. The van der Waals surface area contributed by atoms with Crippen molar-refractivity contribution in [1.29, 1.82) is 0 Å². The zero-order chi connectivity index (χ0) is 19.9. The highest BCUT2D eigenvalue weighted by Crippen LogP contribution is 2.42. The van der Waals surface area contributed by atoms with Gasteiger partial charge in [0, 0.05) is 6.04 Å². The Balaban J connectivity index is 1.69. The van der Waals surface area contributed by atoms with Crippen molar-refractivity contribution >= 4 is 20.9 Å². The van der Waals surface area contributed by atoms with E-state index in [1.807, 2.05) is 12.1 Å². The smallest absolute Gasteiger partial charge is 0.326 e. The number of hydrogen-bond acceptors (Lipinski definition) is 5. The molecular weight excluding hydrogens is 382 g/mol. The molecule has 9 heteroatoms. The Bertz CT molecular complexity index is 1240. The highest BCUT2D eigenvalue weighted by molar-refractivity contribution is 7.89. The lowest BCUT2D eigenvalue weighted by Crippen LogP contribution is -2.30. The standard InChI is InChI=1S/C19H19N3O5S/c1-27-13-6-4-12(5-7-13)17(11-2-3-11)22-28(25,26)14-8-9-16-15(10-14)18(23)21-19(24)20-16/h4-11,17,22H,2-3H2,1H3,(H2,20,21,23,24). The number of H-pyrrole nitrogens is 2. The van der Waals surface area contributed by atoms with E-state index < -0.39 is 21.3 Å². The van der Waals surface area contributed by atoms with Crippen molar-refractivity contribution in [2.24, 2.45) is 5.92 Å². The number of hydrogen-bond donors (Lipinski definition) is 3. The van der Waals surface area contributed by atoms with Gasteiger partial charge in [-0.1, -0.05) is 12.1 Å². The van der Waals surface area contributed by atoms with E-state index in [1.54, 1.807) is 19.2 Å². The largest absolute Gasteiger partial charge is 0.497 e. The second-order valence-electron chi connectivity index (χ2n) is 6.83. The number of rotatable bonds is 6. The van der Waals surface area contributed by atoms with E-state index in [9.17, 15) is 18.0 Å². The Labute approximate surface area is 160 Å². The molecule has 28 heavy (non-hydrogen) atoms. The van der Waals surface area contributed by atoms with Crippen LogP contribution in [-0.4, -0.2) is 25.5 Å². The molecule has 146 valence electrons. The first-order valence-electron chi connectivity index (χ1n) is 8.80. The normalized spacial score (nSPS) is 15.5. The number of sulfonamides is 1. The van der Waals surface area contributed by atoms with Crippen molar-refractivity contribution in [2.75, 3.05) is 7.11 Å². The monoisotopic (exact) mass is 401 g/mol. The predicted octanol–water partition coefficient (Wildman–Crippen LogP) is 1.65. The molecule has 1 aliphatic rings. The molecule has 0 saturated heterocycles. The Morgan fingerprint density at radius 1 is 1.07 bits per heavy atom. The number of ether oxygens (including phenoxy) is 1. The molecule has 1 aromatic heterocycles. The molecule has 1 atom stereocenters. The van der Waals surface area contributed by atoms with Gasteiger partial charge in [0.1, 0.15) is 5.75 Å². The van der Waals surface area contributed by atoms with Crippen LogP contribution in [0.4, 0.5) is 0 Å². The van der Waals surface area contributed by atoms with Gasteiger partial charge in [-0.05, 0) is 54.7 Å². The molecule has 0 aliphatic heterocycles. The minimum Gasteiger partial charge on any atom is -0.497 e. The molecule has 1 aliphatic carbocycles. The quantitative estimate of drug-likeness (QED) is 0.580. The molecule has 3 aromatic rings. The summed E-state index contributed by atoms with van der Waals surface area (Å²) < 4.78 is 33.9. The minimum atomic E-state index is -3.87. The van der Waals surface area contributed by atoms with E-state index >= 15 is 0 Å². The van der Waals surface area contributed by atoms with E-state index in [1.165, 1.54) is 18.2 Å². The molecule has 1 heterocycles. The van der Waals surface area contributed by atoms with E-state index in [0.717, 1.165) is 18.4 Å². The number of aromatic amines is 2. The number of fused-ring (bicyclic) bond motifs is 1. The van der Waals surface area contributed by atoms with Gasteiger partial charge in [-0.2, -0.15) is 0 Å². The van der Waals surface area contributed by atoms with Gasteiger partial charge in [0.05, 0.1) is 22.9 Å². The second kappa shape index (κ2) is 6.92. The van der Waals surface area contributed by atoms with Gasteiger partial charge in [0.15, 0.2) is 0 Å². The summed E-state index contributed by atoms with van der Waals surface area (Å²) in [6.45, 7) is 0. The summed E-state index contributed by atoms with van der Waals surface area (Å²) in [4.78, 5) is 27.9. The zero-order valence-corrected chi connectivity index (χ0v) is 15.9. The molecule has 0 spiro atoms. The molecule has 1 fully saturated rings. The summed E-state index contributed by atoms with van der Waals surface area (Å²) in [6, 6.07) is 11.0. The van der Waals surface area contributed by atoms with Crippen molar-refractivity contribution in [3.63, 3.8) is 0 Å². The van der Waals surface area contributed by atoms with Crippen LogP contribution in [0.15, 0.2) is 56.9 Å². The fourth-order valence-electron chi connectivity index (χ4n) is 3.22. The summed E-state index contributed by atoms with van der Waals surface area (Å²) in [5.74, 6) is 0.923. The van der Waals surface area contributed by atoms with Crippen molar-refractivity contribution in [3.05, 3.63) is 68.9 Å². The van der Waals surface area contributed by atoms with Crippen molar-refractivity contribution in [3.8, 4) is 5.75 Å². The van der Waals surface area contributed by atoms with Crippen LogP contribution >= 0.6 is 0 Å². The Kier molecular flexibility index (Phi) is 4.56. The lowest BCUT2D eigenvalue weighted by molar-refractivity contribution is 0.414. The lowest BCUT2D eigenvalue weighted by Gasteiger charge is -2.19. The van der Waals surface area contributed by atoms with Gasteiger partial charge in [-0.15, -0.1) is 0 Å². The summed E-state index contributed by atoms with van der Waals surface area (Å²) in [6.07, 6.45) is 1.88. The van der Waals surface area contributed by atoms with Crippen LogP contribution < -0.4 is 20.7 Å². The van der Waals surface area contributed by atoms with Crippen molar-refractivity contribution in [2.45, 2.75) is 23.8 Å². The average molecular weight is 401 g/mol. The summed E-state index contributed by atoms with van der Waals surface area (Å²) in [5.41, 5.74) is -0.138. The van der Waals surface area contributed by atoms with Crippen LogP contribution in [-0.2, 0) is 10.0 Å². The fourth-order valence-corrected chi connectivity index (χ4v) is 4.54. The maximum Gasteiger partial charge on any atom is 0.326 e. The van der Waals surface area contributed by atoms with E-state index in [2.05, 4.69) is 14.7 Å². The molecule has 2 aromatic carbocycles. The molecule has 0 radical (unpaired) electrons. The van der Waals surface area contributed by atoms with Crippen LogP contribution in [0.25, 0.3) is 10.9 Å². The first-order chi connectivity index (χ1) is 13.4. The fraction of sp³-hybridized carbons (Fsp3) is 0.263.